The Labute approximate surface area is 120 Å². The highest BCUT2D eigenvalue weighted by molar-refractivity contribution is 5.90. The zero-order chi connectivity index (χ0) is 15.0. The zero-order valence-corrected chi connectivity index (χ0v) is 11.5. The van der Waals surface area contributed by atoms with Crippen molar-refractivity contribution in [1.82, 2.24) is 0 Å². The van der Waals surface area contributed by atoms with E-state index in [1.54, 1.807) is 31.2 Å². The molecule has 2 aromatic rings. The van der Waals surface area contributed by atoms with Crippen LogP contribution in [-0.2, 0) is 9.53 Å². The average Bonchev–Trinajstić information content (AvgIpc) is 2.70. The van der Waals surface area contributed by atoms with E-state index in [-0.39, 0.29) is 12.6 Å². The van der Waals surface area contributed by atoms with E-state index in [1.807, 2.05) is 0 Å². The van der Waals surface area contributed by atoms with Gasteiger partial charge in [0.05, 0.1) is 0 Å². The third kappa shape index (κ3) is 2.67. The molecule has 108 valence electrons. The molecule has 1 aliphatic rings. The molecule has 0 saturated carbocycles. The second kappa shape index (κ2) is 4.77. The number of esters is 1. The van der Waals surface area contributed by atoms with E-state index in [2.05, 4.69) is 6.58 Å². The lowest BCUT2D eigenvalue weighted by atomic mass is 10.0. The van der Waals surface area contributed by atoms with Gasteiger partial charge in [-0.05, 0) is 25.1 Å². The van der Waals surface area contributed by atoms with Crippen LogP contribution in [0, 0.1) is 0 Å². The fourth-order valence-corrected chi connectivity index (χ4v) is 2.30. The van der Waals surface area contributed by atoms with Crippen LogP contribution < -0.4 is 10.4 Å². The smallest absolute Gasteiger partial charge is 0.336 e. The first-order chi connectivity index (χ1) is 9.95. The molecule has 0 radical (unpaired) electrons. The summed E-state index contributed by atoms with van der Waals surface area (Å²) in [6.45, 7) is 5.66. The van der Waals surface area contributed by atoms with Crippen LogP contribution in [0.2, 0.25) is 0 Å². The second-order valence-corrected chi connectivity index (χ2v) is 5.36. The lowest BCUT2D eigenvalue weighted by Crippen LogP contribution is -2.32. The molecule has 0 N–H and O–H groups in total. The molecule has 1 unspecified atom stereocenters. The molecule has 0 aliphatic carbocycles. The molecule has 1 saturated heterocycles. The van der Waals surface area contributed by atoms with Crippen molar-refractivity contribution in [2.75, 3.05) is 6.61 Å². The first-order valence-electron chi connectivity index (χ1n) is 6.53. The highest BCUT2D eigenvalue weighted by Gasteiger charge is 2.39. The molecule has 1 fully saturated rings. The summed E-state index contributed by atoms with van der Waals surface area (Å²) in [7, 11) is 0. The first kappa shape index (κ1) is 13.4. The van der Waals surface area contributed by atoms with Gasteiger partial charge >= 0.3 is 11.6 Å². The summed E-state index contributed by atoms with van der Waals surface area (Å²) in [6, 6.07) is 8.28. The fraction of sp³-hybridized carbons (Fsp3) is 0.250. The van der Waals surface area contributed by atoms with Crippen molar-refractivity contribution in [3.05, 3.63) is 52.9 Å². The summed E-state index contributed by atoms with van der Waals surface area (Å²) in [4.78, 5) is 22.6. The summed E-state index contributed by atoms with van der Waals surface area (Å²) >= 11 is 0. The second-order valence-electron chi connectivity index (χ2n) is 5.36. The molecular formula is C16H14O5. The van der Waals surface area contributed by atoms with Crippen LogP contribution in [0.4, 0.5) is 0 Å². The minimum atomic E-state index is -0.708. The SMILES string of the molecule is C=C1CC(C)(COc2ccc3ccc(=O)oc3c2)OC1=O. The van der Waals surface area contributed by atoms with Gasteiger partial charge in [-0.1, -0.05) is 6.58 Å². The summed E-state index contributed by atoms with van der Waals surface area (Å²) in [5.74, 6) is 0.164. The third-order valence-electron chi connectivity index (χ3n) is 3.35. The maximum atomic E-state index is 11.4. The van der Waals surface area contributed by atoms with Crippen LogP contribution >= 0.6 is 0 Å². The van der Waals surface area contributed by atoms with Crippen LogP contribution in [0.15, 0.2) is 51.7 Å². The number of ether oxygens (including phenoxy) is 2. The highest BCUT2D eigenvalue weighted by atomic mass is 16.6. The Morgan fingerprint density at radius 3 is 2.76 bits per heavy atom. The minimum absolute atomic E-state index is 0.209. The van der Waals surface area contributed by atoms with Crippen LogP contribution in [0.5, 0.6) is 5.75 Å². The molecule has 1 aromatic heterocycles. The summed E-state index contributed by atoms with van der Waals surface area (Å²) in [6.07, 6.45) is 0.439. The highest BCUT2D eigenvalue weighted by Crippen LogP contribution is 2.30. The number of carbonyl (C=O) groups is 1. The number of benzene rings is 1. The van der Waals surface area contributed by atoms with Gasteiger partial charge in [-0.2, -0.15) is 0 Å². The van der Waals surface area contributed by atoms with Crippen LogP contribution in [-0.4, -0.2) is 18.2 Å². The van der Waals surface area contributed by atoms with E-state index in [9.17, 15) is 9.59 Å². The largest absolute Gasteiger partial charge is 0.489 e. The van der Waals surface area contributed by atoms with E-state index in [1.165, 1.54) is 6.07 Å². The molecule has 0 spiro atoms. The standard InChI is InChI=1S/C16H14O5/c1-10-8-16(2,21-15(10)18)9-19-12-5-3-11-4-6-14(17)20-13(11)7-12/h3-7H,1,8-9H2,2H3. The van der Waals surface area contributed by atoms with Crippen LogP contribution in [0.25, 0.3) is 11.0 Å². The van der Waals surface area contributed by atoms with Crippen LogP contribution in [0.3, 0.4) is 0 Å². The third-order valence-corrected chi connectivity index (χ3v) is 3.35. The van der Waals surface area contributed by atoms with Gasteiger partial charge in [-0.3, -0.25) is 0 Å². The van der Waals surface area contributed by atoms with E-state index in [0.29, 0.717) is 23.3 Å². The summed E-state index contributed by atoms with van der Waals surface area (Å²) in [5, 5.41) is 0.814. The Kier molecular flexibility index (Phi) is 3.05. The lowest BCUT2D eigenvalue weighted by molar-refractivity contribution is -0.147. The number of hydrogen-bond donors (Lipinski definition) is 0. The topological polar surface area (TPSA) is 65.7 Å². The van der Waals surface area contributed by atoms with Crippen LogP contribution in [0.1, 0.15) is 13.3 Å². The molecule has 21 heavy (non-hydrogen) atoms. The molecule has 5 heteroatoms. The van der Waals surface area contributed by atoms with Gasteiger partial charge in [-0.15, -0.1) is 0 Å². The molecule has 5 nitrogen and oxygen atoms in total. The maximum Gasteiger partial charge on any atom is 0.336 e. The van der Waals surface area contributed by atoms with Gasteiger partial charge in [0.25, 0.3) is 0 Å². The zero-order valence-electron chi connectivity index (χ0n) is 11.5. The van der Waals surface area contributed by atoms with Crippen molar-refractivity contribution in [1.29, 1.82) is 0 Å². The number of fused-ring (bicyclic) bond motifs is 1. The van der Waals surface area contributed by atoms with Gasteiger partial charge in [0, 0.05) is 29.5 Å². The van der Waals surface area contributed by atoms with Gasteiger partial charge in [0.15, 0.2) is 0 Å². The monoisotopic (exact) mass is 286 g/mol. The Morgan fingerprint density at radius 1 is 1.29 bits per heavy atom. The van der Waals surface area contributed by atoms with Gasteiger partial charge < -0.3 is 13.9 Å². The molecule has 3 rings (SSSR count). The Morgan fingerprint density at radius 2 is 2.05 bits per heavy atom. The summed E-state index contributed by atoms with van der Waals surface area (Å²) in [5.41, 5.74) is -0.211. The van der Waals surface area contributed by atoms with Crippen molar-refractivity contribution in [3.63, 3.8) is 0 Å². The number of cyclic esters (lactones) is 1. The molecule has 1 atom stereocenters. The molecule has 0 bridgehead atoms. The summed E-state index contributed by atoms with van der Waals surface area (Å²) < 4.78 is 16.0. The number of rotatable bonds is 3. The van der Waals surface area contributed by atoms with E-state index < -0.39 is 11.2 Å². The quantitative estimate of drug-likeness (QED) is 0.492. The van der Waals surface area contributed by atoms with Gasteiger partial charge in [-0.25, -0.2) is 9.59 Å². The van der Waals surface area contributed by atoms with Crippen molar-refractivity contribution in [2.24, 2.45) is 0 Å². The first-order valence-corrected chi connectivity index (χ1v) is 6.53. The van der Waals surface area contributed by atoms with E-state index in [4.69, 9.17) is 13.9 Å². The van der Waals surface area contributed by atoms with Crippen molar-refractivity contribution in [2.45, 2.75) is 18.9 Å². The normalized spacial score (nSPS) is 21.6. The van der Waals surface area contributed by atoms with Crippen molar-refractivity contribution in [3.8, 4) is 5.75 Å². The maximum absolute atomic E-state index is 11.4. The van der Waals surface area contributed by atoms with Crippen molar-refractivity contribution >= 4 is 16.9 Å². The van der Waals surface area contributed by atoms with Gasteiger partial charge in [0.2, 0.25) is 0 Å². The molecule has 1 aliphatic heterocycles. The van der Waals surface area contributed by atoms with Crippen molar-refractivity contribution < 1.29 is 18.7 Å². The predicted octanol–water partition coefficient (Wildman–Crippen LogP) is 2.43. The number of hydrogen-bond acceptors (Lipinski definition) is 5. The molecule has 2 heterocycles. The van der Waals surface area contributed by atoms with E-state index in [0.717, 1.165) is 5.39 Å². The Hall–Kier alpha value is -2.56. The Balaban J connectivity index is 1.78. The predicted molar refractivity (Wildman–Crippen MR) is 76.2 cm³/mol. The Bertz CT molecular complexity index is 771. The van der Waals surface area contributed by atoms with E-state index >= 15 is 0 Å². The lowest BCUT2D eigenvalue weighted by Gasteiger charge is -2.22. The average molecular weight is 286 g/mol. The molecular weight excluding hydrogens is 272 g/mol. The molecule has 0 amide bonds. The number of carbonyl (C=O) groups excluding carboxylic acids is 1. The minimum Gasteiger partial charge on any atom is -0.489 e. The molecule has 1 aromatic carbocycles. The fourth-order valence-electron chi connectivity index (χ4n) is 2.30. The van der Waals surface area contributed by atoms with Gasteiger partial charge in [0.1, 0.15) is 23.5 Å².